The van der Waals surface area contributed by atoms with Gasteiger partial charge in [0.15, 0.2) is 9.84 Å². The van der Waals surface area contributed by atoms with Crippen LogP contribution in [0.1, 0.15) is 31.2 Å². The van der Waals surface area contributed by atoms with Crippen LogP contribution in [0.4, 0.5) is 0 Å². The summed E-state index contributed by atoms with van der Waals surface area (Å²) in [5, 5.41) is 9.12. The molecule has 0 atom stereocenters. The SMILES string of the molecule is O=C(O)C1(c2ccc(S(=O)(=O)C3COC3)c(Br)c2)CCCC1. The van der Waals surface area contributed by atoms with E-state index in [-0.39, 0.29) is 18.1 Å². The minimum absolute atomic E-state index is 0.211. The lowest BCUT2D eigenvalue weighted by atomic mass is 9.79. The number of ether oxygens (including phenoxy) is 1. The minimum atomic E-state index is -3.43. The van der Waals surface area contributed by atoms with Crippen molar-refractivity contribution < 1.29 is 23.1 Å². The molecule has 120 valence electrons. The molecule has 1 aromatic rings. The van der Waals surface area contributed by atoms with E-state index < -0.39 is 26.5 Å². The van der Waals surface area contributed by atoms with E-state index in [1.54, 1.807) is 12.1 Å². The van der Waals surface area contributed by atoms with Gasteiger partial charge in [-0.2, -0.15) is 0 Å². The van der Waals surface area contributed by atoms with Crippen LogP contribution >= 0.6 is 15.9 Å². The van der Waals surface area contributed by atoms with Gasteiger partial charge in [0.2, 0.25) is 0 Å². The molecular weight excluding hydrogens is 372 g/mol. The second-order valence-electron chi connectivity index (χ2n) is 5.94. The Morgan fingerprint density at radius 2 is 1.91 bits per heavy atom. The lowest BCUT2D eigenvalue weighted by Crippen LogP contribution is -2.40. The summed E-state index contributed by atoms with van der Waals surface area (Å²) in [6.45, 7) is 0.436. The molecule has 1 aliphatic carbocycles. The molecule has 0 radical (unpaired) electrons. The molecule has 0 bridgehead atoms. The Hall–Kier alpha value is -0.920. The van der Waals surface area contributed by atoms with Crippen LogP contribution in [-0.2, 0) is 24.8 Å². The Balaban J connectivity index is 2.01. The highest BCUT2D eigenvalue weighted by molar-refractivity contribution is 9.10. The fourth-order valence-electron chi connectivity index (χ4n) is 3.21. The van der Waals surface area contributed by atoms with Crippen LogP contribution in [0.25, 0.3) is 0 Å². The summed E-state index contributed by atoms with van der Waals surface area (Å²) in [6, 6.07) is 4.83. The molecule has 0 aromatic heterocycles. The zero-order valence-corrected chi connectivity index (χ0v) is 14.3. The van der Waals surface area contributed by atoms with Crippen molar-refractivity contribution in [3.8, 4) is 0 Å². The van der Waals surface area contributed by atoms with Crippen molar-refractivity contribution in [1.82, 2.24) is 0 Å². The topological polar surface area (TPSA) is 80.7 Å². The van der Waals surface area contributed by atoms with Crippen LogP contribution in [0, 0.1) is 0 Å². The van der Waals surface area contributed by atoms with Crippen molar-refractivity contribution in [2.45, 2.75) is 41.2 Å². The maximum absolute atomic E-state index is 12.5. The monoisotopic (exact) mass is 388 g/mol. The number of aliphatic carboxylic acids is 1. The van der Waals surface area contributed by atoms with Crippen LogP contribution in [0.2, 0.25) is 0 Å². The normalized spacial score (nSPS) is 21.5. The zero-order chi connectivity index (χ0) is 16.0. The fraction of sp³-hybridized carbons (Fsp3) is 0.533. The van der Waals surface area contributed by atoms with Gasteiger partial charge in [0.1, 0.15) is 5.25 Å². The van der Waals surface area contributed by atoms with E-state index in [1.807, 2.05) is 0 Å². The minimum Gasteiger partial charge on any atom is -0.481 e. The predicted octanol–water partition coefficient (Wildman–Crippen LogP) is 2.52. The molecule has 0 spiro atoms. The second kappa shape index (κ2) is 5.62. The molecule has 3 rings (SSSR count). The summed E-state index contributed by atoms with van der Waals surface area (Å²) in [5.41, 5.74) is -0.210. The van der Waals surface area contributed by atoms with E-state index in [0.717, 1.165) is 12.8 Å². The first kappa shape index (κ1) is 16.0. The van der Waals surface area contributed by atoms with Gasteiger partial charge in [0.05, 0.1) is 23.5 Å². The summed E-state index contributed by atoms with van der Waals surface area (Å²) >= 11 is 3.31. The van der Waals surface area contributed by atoms with Crippen molar-refractivity contribution >= 4 is 31.7 Å². The standard InChI is InChI=1S/C15H17BrO5S/c16-12-7-10(15(14(17)18)5-1-2-6-15)3-4-13(12)22(19,20)11-8-21-9-11/h3-4,7,11H,1-2,5-6,8-9H2,(H,17,18). The lowest BCUT2D eigenvalue weighted by Gasteiger charge is -2.28. The lowest BCUT2D eigenvalue weighted by molar-refractivity contribution is -0.143. The summed E-state index contributed by atoms with van der Waals surface area (Å²) in [7, 11) is -3.43. The summed E-state index contributed by atoms with van der Waals surface area (Å²) in [5.74, 6) is -0.833. The van der Waals surface area contributed by atoms with Gasteiger partial charge in [-0.05, 0) is 46.5 Å². The Kier molecular flexibility index (Phi) is 4.07. The number of benzene rings is 1. The van der Waals surface area contributed by atoms with E-state index in [2.05, 4.69) is 15.9 Å². The summed E-state index contributed by atoms with van der Waals surface area (Å²) in [6.07, 6.45) is 2.95. The van der Waals surface area contributed by atoms with Crippen LogP contribution in [0.5, 0.6) is 0 Å². The molecule has 1 aromatic carbocycles. The average molecular weight is 389 g/mol. The molecule has 1 aliphatic heterocycles. The molecule has 7 heteroatoms. The third kappa shape index (κ3) is 2.39. The number of carboxylic acids is 1. The highest BCUT2D eigenvalue weighted by Gasteiger charge is 2.43. The molecule has 22 heavy (non-hydrogen) atoms. The quantitative estimate of drug-likeness (QED) is 0.856. The van der Waals surface area contributed by atoms with Gasteiger partial charge in [-0.25, -0.2) is 8.42 Å². The third-order valence-corrected chi connectivity index (χ3v) is 7.74. The van der Waals surface area contributed by atoms with Crippen LogP contribution in [0.3, 0.4) is 0 Å². The highest BCUT2D eigenvalue weighted by atomic mass is 79.9. The number of sulfone groups is 1. The molecule has 2 aliphatic rings. The number of hydrogen-bond acceptors (Lipinski definition) is 4. The van der Waals surface area contributed by atoms with Gasteiger partial charge >= 0.3 is 5.97 Å². The molecule has 0 unspecified atom stereocenters. The maximum atomic E-state index is 12.5. The molecule has 1 N–H and O–H groups in total. The molecule has 2 fully saturated rings. The number of rotatable bonds is 4. The average Bonchev–Trinajstić information content (AvgIpc) is 2.85. The fourth-order valence-corrected chi connectivity index (χ4v) is 5.76. The predicted molar refractivity (Wildman–Crippen MR) is 83.7 cm³/mol. The number of carboxylic acid groups (broad SMARTS) is 1. The first-order chi connectivity index (χ1) is 10.4. The number of halogens is 1. The largest absolute Gasteiger partial charge is 0.481 e. The van der Waals surface area contributed by atoms with Gasteiger partial charge in [-0.3, -0.25) is 4.79 Å². The Bertz CT molecular complexity index is 703. The first-order valence-electron chi connectivity index (χ1n) is 7.23. The van der Waals surface area contributed by atoms with Crippen molar-refractivity contribution in [2.24, 2.45) is 0 Å². The van der Waals surface area contributed by atoms with Crippen molar-refractivity contribution in [1.29, 1.82) is 0 Å². The molecule has 1 heterocycles. The van der Waals surface area contributed by atoms with Crippen molar-refractivity contribution in [3.63, 3.8) is 0 Å². The van der Waals surface area contributed by atoms with E-state index >= 15 is 0 Å². The molecule has 1 saturated carbocycles. The number of carbonyl (C=O) groups is 1. The second-order valence-corrected chi connectivity index (χ2v) is 8.99. The Morgan fingerprint density at radius 3 is 2.36 bits per heavy atom. The molecule has 0 amide bonds. The Labute approximate surface area is 137 Å². The summed E-state index contributed by atoms with van der Waals surface area (Å²) < 4.78 is 30.3. The number of hydrogen-bond donors (Lipinski definition) is 1. The smallest absolute Gasteiger partial charge is 0.314 e. The van der Waals surface area contributed by atoms with Crippen LogP contribution in [-0.4, -0.2) is 38.0 Å². The summed E-state index contributed by atoms with van der Waals surface area (Å²) in [4.78, 5) is 11.9. The van der Waals surface area contributed by atoms with E-state index in [1.165, 1.54) is 6.07 Å². The third-order valence-electron chi connectivity index (χ3n) is 4.70. The van der Waals surface area contributed by atoms with Crippen molar-refractivity contribution in [3.05, 3.63) is 28.2 Å². The van der Waals surface area contributed by atoms with Crippen LogP contribution < -0.4 is 0 Å². The van der Waals surface area contributed by atoms with Gasteiger partial charge in [0, 0.05) is 4.47 Å². The Morgan fingerprint density at radius 1 is 1.27 bits per heavy atom. The molecule has 5 nitrogen and oxygen atoms in total. The van der Waals surface area contributed by atoms with Gasteiger partial charge < -0.3 is 9.84 Å². The van der Waals surface area contributed by atoms with E-state index in [9.17, 15) is 18.3 Å². The van der Waals surface area contributed by atoms with E-state index in [0.29, 0.717) is 22.9 Å². The van der Waals surface area contributed by atoms with Gasteiger partial charge in [0.25, 0.3) is 0 Å². The van der Waals surface area contributed by atoms with Gasteiger partial charge in [-0.1, -0.05) is 18.9 Å². The van der Waals surface area contributed by atoms with E-state index in [4.69, 9.17) is 4.74 Å². The van der Waals surface area contributed by atoms with Crippen molar-refractivity contribution in [2.75, 3.05) is 13.2 Å². The highest BCUT2D eigenvalue weighted by Crippen LogP contribution is 2.43. The molecule has 1 saturated heterocycles. The van der Waals surface area contributed by atoms with Gasteiger partial charge in [-0.15, -0.1) is 0 Å². The first-order valence-corrected chi connectivity index (χ1v) is 9.57. The molecular formula is C15H17BrO5S. The maximum Gasteiger partial charge on any atom is 0.314 e. The van der Waals surface area contributed by atoms with Crippen LogP contribution in [0.15, 0.2) is 27.6 Å². The zero-order valence-electron chi connectivity index (χ0n) is 11.9.